The Balaban J connectivity index is 1.78. The molecular weight excluding hydrogens is 348 g/mol. The minimum absolute atomic E-state index is 0.0327. The summed E-state index contributed by atoms with van der Waals surface area (Å²) in [6.07, 6.45) is 0. The molecule has 2 aromatic heterocycles. The van der Waals surface area contributed by atoms with Gasteiger partial charge in [0.05, 0.1) is 11.1 Å². The van der Waals surface area contributed by atoms with Crippen molar-refractivity contribution in [1.29, 1.82) is 0 Å². The quantitative estimate of drug-likeness (QED) is 0.514. The molecule has 8 heteroatoms. The van der Waals surface area contributed by atoms with Gasteiger partial charge in [0.2, 0.25) is 0 Å². The molecule has 2 aromatic carbocycles. The summed E-state index contributed by atoms with van der Waals surface area (Å²) >= 11 is 0. The standard InChI is InChI=1S/C19H14N4O4/c1-12-20-16(27-22-12)11-26-19(25)17-14-9-5-6-10-15(14)18(24)23(21-17)13-7-3-2-4-8-13/h2-10H,11H2,1H3. The Morgan fingerprint density at radius 2 is 1.78 bits per heavy atom. The highest BCUT2D eigenvalue weighted by atomic mass is 16.6. The summed E-state index contributed by atoms with van der Waals surface area (Å²) in [6, 6.07) is 15.6. The first-order valence-corrected chi connectivity index (χ1v) is 8.17. The van der Waals surface area contributed by atoms with Gasteiger partial charge in [0.1, 0.15) is 0 Å². The van der Waals surface area contributed by atoms with Gasteiger partial charge in [-0.25, -0.2) is 4.79 Å². The lowest BCUT2D eigenvalue weighted by molar-refractivity contribution is 0.0423. The number of aromatic nitrogens is 4. The van der Waals surface area contributed by atoms with E-state index in [2.05, 4.69) is 15.2 Å². The fourth-order valence-electron chi connectivity index (χ4n) is 2.68. The highest BCUT2D eigenvalue weighted by molar-refractivity contribution is 6.02. The fourth-order valence-corrected chi connectivity index (χ4v) is 2.68. The van der Waals surface area contributed by atoms with Crippen molar-refractivity contribution in [2.45, 2.75) is 13.5 Å². The molecular formula is C19H14N4O4. The molecule has 0 aliphatic rings. The Labute approximate surface area is 153 Å². The van der Waals surface area contributed by atoms with E-state index in [0.717, 1.165) is 0 Å². The van der Waals surface area contributed by atoms with E-state index in [-0.39, 0.29) is 23.8 Å². The van der Waals surface area contributed by atoms with Crippen LogP contribution in [-0.4, -0.2) is 25.9 Å². The highest BCUT2D eigenvalue weighted by Gasteiger charge is 2.19. The Bertz CT molecular complexity index is 1180. The second-order valence-corrected chi connectivity index (χ2v) is 5.76. The van der Waals surface area contributed by atoms with Gasteiger partial charge < -0.3 is 9.26 Å². The van der Waals surface area contributed by atoms with Crippen LogP contribution in [0.4, 0.5) is 0 Å². The van der Waals surface area contributed by atoms with Crippen molar-refractivity contribution in [3.63, 3.8) is 0 Å². The van der Waals surface area contributed by atoms with Crippen molar-refractivity contribution in [3.8, 4) is 5.69 Å². The molecule has 0 radical (unpaired) electrons. The Morgan fingerprint density at radius 1 is 1.07 bits per heavy atom. The van der Waals surface area contributed by atoms with E-state index in [0.29, 0.717) is 22.3 Å². The molecule has 0 unspecified atom stereocenters. The SMILES string of the molecule is Cc1noc(COC(=O)c2nn(-c3ccccc3)c(=O)c3ccccc23)n1. The third-order valence-electron chi connectivity index (χ3n) is 3.90. The monoisotopic (exact) mass is 362 g/mol. The second kappa shape index (κ2) is 6.83. The van der Waals surface area contributed by atoms with Crippen molar-refractivity contribution in [2.75, 3.05) is 0 Å². The Morgan fingerprint density at radius 3 is 2.48 bits per heavy atom. The van der Waals surface area contributed by atoms with Crippen LogP contribution >= 0.6 is 0 Å². The molecule has 0 saturated heterocycles. The van der Waals surface area contributed by atoms with Gasteiger partial charge in [-0.1, -0.05) is 41.6 Å². The number of nitrogens with zero attached hydrogens (tertiary/aromatic N) is 4. The van der Waals surface area contributed by atoms with Gasteiger partial charge in [0, 0.05) is 5.39 Å². The molecule has 0 fully saturated rings. The first-order valence-electron chi connectivity index (χ1n) is 8.17. The minimum atomic E-state index is -0.688. The first kappa shape index (κ1) is 16.6. The largest absolute Gasteiger partial charge is 0.451 e. The zero-order valence-corrected chi connectivity index (χ0v) is 14.3. The van der Waals surface area contributed by atoms with Crippen LogP contribution in [0, 0.1) is 6.92 Å². The summed E-state index contributed by atoms with van der Waals surface area (Å²) in [5.74, 6) is -0.0597. The highest BCUT2D eigenvalue weighted by Crippen LogP contribution is 2.16. The summed E-state index contributed by atoms with van der Waals surface area (Å²) < 4.78 is 11.4. The Hall–Kier alpha value is -3.81. The zero-order valence-electron chi connectivity index (χ0n) is 14.3. The molecule has 27 heavy (non-hydrogen) atoms. The summed E-state index contributed by atoms with van der Waals surface area (Å²) in [4.78, 5) is 29.4. The van der Waals surface area contributed by atoms with E-state index < -0.39 is 5.97 Å². The summed E-state index contributed by atoms with van der Waals surface area (Å²) in [7, 11) is 0. The number of esters is 1. The number of ether oxygens (including phenoxy) is 1. The molecule has 134 valence electrons. The molecule has 0 aliphatic heterocycles. The minimum Gasteiger partial charge on any atom is -0.451 e. The van der Waals surface area contributed by atoms with Gasteiger partial charge in [-0.2, -0.15) is 14.8 Å². The van der Waals surface area contributed by atoms with Crippen LogP contribution in [0.2, 0.25) is 0 Å². The number of carbonyl (C=O) groups excluding carboxylic acids is 1. The van der Waals surface area contributed by atoms with Crippen LogP contribution in [-0.2, 0) is 11.3 Å². The van der Waals surface area contributed by atoms with Crippen LogP contribution in [0.1, 0.15) is 22.2 Å². The zero-order chi connectivity index (χ0) is 18.8. The number of benzene rings is 2. The van der Waals surface area contributed by atoms with Gasteiger partial charge in [0.15, 0.2) is 18.1 Å². The molecule has 0 bridgehead atoms. The molecule has 0 spiro atoms. The van der Waals surface area contributed by atoms with Gasteiger partial charge in [-0.15, -0.1) is 0 Å². The number of para-hydroxylation sites is 1. The predicted molar refractivity (Wildman–Crippen MR) is 95.5 cm³/mol. The molecule has 4 rings (SSSR count). The van der Waals surface area contributed by atoms with Crippen LogP contribution in [0.25, 0.3) is 16.5 Å². The van der Waals surface area contributed by atoms with Crippen molar-refractivity contribution >= 4 is 16.7 Å². The first-order chi connectivity index (χ1) is 13.1. The Kier molecular flexibility index (Phi) is 4.21. The van der Waals surface area contributed by atoms with Crippen molar-refractivity contribution in [3.05, 3.63) is 82.4 Å². The van der Waals surface area contributed by atoms with Crippen LogP contribution in [0.3, 0.4) is 0 Å². The van der Waals surface area contributed by atoms with Crippen molar-refractivity contribution in [1.82, 2.24) is 19.9 Å². The van der Waals surface area contributed by atoms with E-state index in [9.17, 15) is 9.59 Å². The van der Waals surface area contributed by atoms with Gasteiger partial charge >= 0.3 is 5.97 Å². The van der Waals surface area contributed by atoms with Gasteiger partial charge in [0.25, 0.3) is 11.4 Å². The maximum atomic E-state index is 12.8. The molecule has 8 nitrogen and oxygen atoms in total. The number of aryl methyl sites for hydroxylation is 1. The molecule has 0 atom stereocenters. The molecule has 0 N–H and O–H groups in total. The third-order valence-corrected chi connectivity index (χ3v) is 3.90. The second-order valence-electron chi connectivity index (χ2n) is 5.76. The van der Waals surface area contributed by atoms with E-state index in [1.807, 2.05) is 6.07 Å². The summed E-state index contributed by atoms with van der Waals surface area (Å²) in [6.45, 7) is 1.49. The van der Waals surface area contributed by atoms with Crippen molar-refractivity contribution in [2.24, 2.45) is 0 Å². The maximum absolute atomic E-state index is 12.8. The average Bonchev–Trinajstić information content (AvgIpc) is 3.12. The normalized spacial score (nSPS) is 10.9. The predicted octanol–water partition coefficient (Wildman–Crippen LogP) is 2.43. The molecule has 0 aliphatic carbocycles. The van der Waals surface area contributed by atoms with E-state index in [1.54, 1.807) is 55.5 Å². The van der Waals surface area contributed by atoms with Crippen LogP contribution in [0.15, 0.2) is 63.9 Å². The molecule has 0 saturated carbocycles. The molecule has 2 heterocycles. The lowest BCUT2D eigenvalue weighted by Crippen LogP contribution is -2.25. The van der Waals surface area contributed by atoms with Crippen LogP contribution < -0.4 is 5.56 Å². The number of hydrogen-bond donors (Lipinski definition) is 0. The number of rotatable bonds is 4. The van der Waals surface area contributed by atoms with E-state index >= 15 is 0 Å². The van der Waals surface area contributed by atoms with Crippen LogP contribution in [0.5, 0.6) is 0 Å². The van der Waals surface area contributed by atoms with E-state index in [1.165, 1.54) is 4.68 Å². The summed E-state index contributed by atoms with van der Waals surface area (Å²) in [5, 5.41) is 8.69. The molecule has 0 amide bonds. The van der Waals surface area contributed by atoms with Gasteiger partial charge in [-0.05, 0) is 25.1 Å². The number of carbonyl (C=O) groups is 1. The summed E-state index contributed by atoms with van der Waals surface area (Å²) in [5.41, 5.74) is 0.265. The number of fused-ring (bicyclic) bond motifs is 1. The topological polar surface area (TPSA) is 100 Å². The number of hydrogen-bond acceptors (Lipinski definition) is 7. The maximum Gasteiger partial charge on any atom is 0.359 e. The average molecular weight is 362 g/mol. The third kappa shape index (κ3) is 3.20. The lowest BCUT2D eigenvalue weighted by atomic mass is 10.1. The van der Waals surface area contributed by atoms with Gasteiger partial charge in [-0.3, -0.25) is 4.79 Å². The smallest absolute Gasteiger partial charge is 0.359 e. The van der Waals surface area contributed by atoms with E-state index in [4.69, 9.17) is 9.26 Å². The fraction of sp³-hybridized carbons (Fsp3) is 0.105. The lowest BCUT2D eigenvalue weighted by Gasteiger charge is -2.10. The molecule has 4 aromatic rings. The van der Waals surface area contributed by atoms with Crippen molar-refractivity contribution < 1.29 is 14.1 Å².